The largest absolute Gasteiger partial charge is 0.376 e. The van der Waals surface area contributed by atoms with Crippen LogP contribution in [0, 0.1) is 0 Å². The molecule has 2 aliphatic rings. The molecule has 1 amide bonds. The Hall–Kier alpha value is -0.360. The molecule has 2 atom stereocenters. The second-order valence-corrected chi connectivity index (χ2v) is 5.37. The van der Waals surface area contributed by atoms with Gasteiger partial charge in [0.05, 0.1) is 12.7 Å². The smallest absolute Gasteiger partial charge is 0.223 e. The van der Waals surface area contributed by atoms with Crippen LogP contribution in [0.4, 0.5) is 0 Å². The Labute approximate surface area is 122 Å². The molecule has 112 valence electrons. The van der Waals surface area contributed by atoms with Gasteiger partial charge in [-0.1, -0.05) is 0 Å². The quantitative estimate of drug-likeness (QED) is 0.814. The summed E-state index contributed by atoms with van der Waals surface area (Å²) in [4.78, 5) is 16.4. The Balaban J connectivity index is 0.00000180. The lowest BCUT2D eigenvalue weighted by Gasteiger charge is -2.37. The number of nitrogens with zero attached hydrogens (tertiary/aromatic N) is 2. The monoisotopic (exact) mass is 291 g/mol. The zero-order valence-electron chi connectivity index (χ0n) is 11.9. The number of ether oxygens (including phenoxy) is 1. The van der Waals surface area contributed by atoms with Crippen molar-refractivity contribution in [2.45, 2.75) is 32.4 Å². The molecule has 0 radical (unpaired) electrons. The van der Waals surface area contributed by atoms with E-state index in [-0.39, 0.29) is 18.5 Å². The molecule has 0 saturated carbocycles. The van der Waals surface area contributed by atoms with Gasteiger partial charge < -0.3 is 15.0 Å². The van der Waals surface area contributed by atoms with Crippen molar-refractivity contribution in [1.29, 1.82) is 0 Å². The van der Waals surface area contributed by atoms with Crippen LogP contribution in [0.5, 0.6) is 0 Å². The van der Waals surface area contributed by atoms with Crippen LogP contribution >= 0.6 is 12.4 Å². The number of morpholine rings is 1. The minimum absolute atomic E-state index is 0. The van der Waals surface area contributed by atoms with Crippen molar-refractivity contribution in [2.24, 2.45) is 0 Å². The van der Waals surface area contributed by atoms with Gasteiger partial charge in [-0.25, -0.2) is 0 Å². The maximum absolute atomic E-state index is 12.1. The summed E-state index contributed by atoms with van der Waals surface area (Å²) >= 11 is 0. The molecule has 2 aliphatic heterocycles. The van der Waals surface area contributed by atoms with Crippen molar-refractivity contribution >= 4 is 18.3 Å². The molecule has 0 spiro atoms. The molecular weight excluding hydrogens is 266 g/mol. The van der Waals surface area contributed by atoms with Gasteiger partial charge in [0, 0.05) is 51.7 Å². The van der Waals surface area contributed by atoms with Gasteiger partial charge in [0.25, 0.3) is 0 Å². The van der Waals surface area contributed by atoms with E-state index in [1.54, 1.807) is 0 Å². The number of carbonyl (C=O) groups excluding carboxylic acids is 1. The Morgan fingerprint density at radius 1 is 1.32 bits per heavy atom. The van der Waals surface area contributed by atoms with Gasteiger partial charge in [0.1, 0.15) is 0 Å². The van der Waals surface area contributed by atoms with E-state index in [0.29, 0.717) is 18.4 Å². The Bertz CT molecular complexity index is 285. The van der Waals surface area contributed by atoms with Crippen LogP contribution in [0.25, 0.3) is 0 Å². The van der Waals surface area contributed by atoms with Crippen LogP contribution in [0.2, 0.25) is 0 Å². The van der Waals surface area contributed by atoms with Crippen LogP contribution in [0.15, 0.2) is 0 Å². The highest BCUT2D eigenvalue weighted by Gasteiger charge is 2.24. The highest BCUT2D eigenvalue weighted by molar-refractivity contribution is 5.85. The molecular formula is C13H26ClN3O2. The van der Waals surface area contributed by atoms with E-state index in [1.165, 1.54) is 0 Å². The fourth-order valence-electron chi connectivity index (χ4n) is 2.60. The zero-order valence-corrected chi connectivity index (χ0v) is 12.7. The average Bonchev–Trinajstić information content (AvgIpc) is 2.40. The molecule has 1 N–H and O–H groups in total. The van der Waals surface area contributed by atoms with Crippen LogP contribution in [0.1, 0.15) is 20.3 Å². The van der Waals surface area contributed by atoms with Crippen molar-refractivity contribution in [3.8, 4) is 0 Å². The molecule has 2 unspecified atom stereocenters. The van der Waals surface area contributed by atoms with Crippen molar-refractivity contribution < 1.29 is 9.53 Å². The van der Waals surface area contributed by atoms with Gasteiger partial charge in [0.15, 0.2) is 0 Å². The van der Waals surface area contributed by atoms with Gasteiger partial charge in [0.2, 0.25) is 5.91 Å². The van der Waals surface area contributed by atoms with E-state index in [0.717, 1.165) is 45.9 Å². The van der Waals surface area contributed by atoms with Crippen molar-refractivity contribution in [1.82, 2.24) is 15.1 Å². The minimum Gasteiger partial charge on any atom is -0.376 e. The van der Waals surface area contributed by atoms with E-state index in [9.17, 15) is 4.79 Å². The summed E-state index contributed by atoms with van der Waals surface area (Å²) in [6.07, 6.45) is 0.923. The van der Waals surface area contributed by atoms with E-state index < -0.39 is 0 Å². The normalized spacial score (nSPS) is 28.8. The highest BCUT2D eigenvalue weighted by Crippen LogP contribution is 2.12. The molecule has 2 saturated heterocycles. The third kappa shape index (κ3) is 4.91. The van der Waals surface area contributed by atoms with E-state index in [4.69, 9.17) is 4.74 Å². The van der Waals surface area contributed by atoms with Gasteiger partial charge in [-0.3, -0.25) is 9.69 Å². The summed E-state index contributed by atoms with van der Waals surface area (Å²) in [6.45, 7) is 10.4. The number of hydrogen-bond donors (Lipinski definition) is 1. The molecule has 2 fully saturated rings. The van der Waals surface area contributed by atoms with Crippen LogP contribution < -0.4 is 5.32 Å². The first kappa shape index (κ1) is 16.7. The molecule has 2 rings (SSSR count). The molecule has 0 aromatic heterocycles. The second kappa shape index (κ2) is 8.04. The first-order valence-electron chi connectivity index (χ1n) is 7.01. The fourth-order valence-corrected chi connectivity index (χ4v) is 2.60. The molecule has 0 aromatic carbocycles. The Morgan fingerprint density at radius 2 is 2.00 bits per heavy atom. The number of hydrogen-bond acceptors (Lipinski definition) is 4. The standard InChI is InChI=1S/C13H25N3O2.ClH/c1-11-10-18-12(2)9-16(11)6-3-13(17)15-7-4-14-5-8-15;/h11-12,14H,3-10H2,1-2H3;1H. The van der Waals surface area contributed by atoms with E-state index in [1.807, 2.05) is 4.90 Å². The lowest BCUT2D eigenvalue weighted by atomic mass is 10.2. The number of piperazine rings is 1. The van der Waals surface area contributed by atoms with Gasteiger partial charge >= 0.3 is 0 Å². The Kier molecular flexibility index (Phi) is 7.07. The topological polar surface area (TPSA) is 44.8 Å². The van der Waals surface area contributed by atoms with Crippen molar-refractivity contribution in [3.63, 3.8) is 0 Å². The molecule has 5 nitrogen and oxygen atoms in total. The lowest BCUT2D eigenvalue weighted by Crippen LogP contribution is -2.50. The number of nitrogens with one attached hydrogen (secondary N) is 1. The molecule has 0 aromatic rings. The maximum atomic E-state index is 12.1. The Morgan fingerprint density at radius 3 is 2.68 bits per heavy atom. The number of carbonyl (C=O) groups is 1. The molecule has 19 heavy (non-hydrogen) atoms. The summed E-state index contributed by atoms with van der Waals surface area (Å²) in [7, 11) is 0. The third-order valence-corrected chi connectivity index (χ3v) is 3.82. The summed E-state index contributed by atoms with van der Waals surface area (Å²) < 4.78 is 5.60. The number of halogens is 1. The molecule has 2 heterocycles. The van der Waals surface area contributed by atoms with Crippen molar-refractivity contribution in [2.75, 3.05) is 45.9 Å². The SMILES string of the molecule is CC1CN(CCC(=O)N2CCNCC2)C(C)CO1.Cl. The van der Waals surface area contributed by atoms with E-state index >= 15 is 0 Å². The number of rotatable bonds is 3. The first-order valence-corrected chi connectivity index (χ1v) is 7.01. The minimum atomic E-state index is 0. The van der Waals surface area contributed by atoms with Crippen LogP contribution in [-0.2, 0) is 9.53 Å². The van der Waals surface area contributed by atoms with Crippen LogP contribution in [0.3, 0.4) is 0 Å². The lowest BCUT2D eigenvalue weighted by molar-refractivity contribution is -0.133. The molecule has 0 aliphatic carbocycles. The second-order valence-electron chi connectivity index (χ2n) is 5.37. The third-order valence-electron chi connectivity index (χ3n) is 3.82. The van der Waals surface area contributed by atoms with E-state index in [2.05, 4.69) is 24.1 Å². The van der Waals surface area contributed by atoms with Gasteiger partial charge in [-0.05, 0) is 13.8 Å². The maximum Gasteiger partial charge on any atom is 0.223 e. The highest BCUT2D eigenvalue weighted by atomic mass is 35.5. The number of amides is 1. The van der Waals surface area contributed by atoms with Crippen molar-refractivity contribution in [3.05, 3.63) is 0 Å². The first-order chi connectivity index (χ1) is 8.66. The summed E-state index contributed by atoms with van der Waals surface area (Å²) in [5.74, 6) is 0.294. The predicted octanol–water partition coefficient (Wildman–Crippen LogP) is 0.339. The summed E-state index contributed by atoms with van der Waals surface area (Å²) in [5.41, 5.74) is 0. The fraction of sp³-hybridized carbons (Fsp3) is 0.923. The van der Waals surface area contributed by atoms with Gasteiger partial charge in [-0.2, -0.15) is 0 Å². The molecule has 6 heteroatoms. The van der Waals surface area contributed by atoms with Gasteiger partial charge in [-0.15, -0.1) is 12.4 Å². The van der Waals surface area contributed by atoms with Crippen LogP contribution in [-0.4, -0.2) is 73.7 Å². The zero-order chi connectivity index (χ0) is 13.0. The summed E-state index contributed by atoms with van der Waals surface area (Å²) in [5, 5.41) is 3.27. The molecule has 0 bridgehead atoms. The predicted molar refractivity (Wildman–Crippen MR) is 77.8 cm³/mol. The average molecular weight is 292 g/mol. The summed E-state index contributed by atoms with van der Waals surface area (Å²) in [6, 6.07) is 0.428.